The summed E-state index contributed by atoms with van der Waals surface area (Å²) < 4.78 is 27.0. The van der Waals surface area contributed by atoms with Gasteiger partial charge in [0.05, 0.1) is 13.2 Å². The van der Waals surface area contributed by atoms with E-state index in [1.54, 1.807) is 0 Å². The third-order valence-electron chi connectivity index (χ3n) is 11.5. The molecule has 0 aliphatic rings. The predicted molar refractivity (Wildman–Crippen MR) is 281 cm³/mol. The quantitative estimate of drug-likeness (QED) is 0.0199. The van der Waals surface area contributed by atoms with Crippen LogP contribution in [0.1, 0.15) is 232 Å². The Labute approximate surface area is 414 Å². The summed E-state index contributed by atoms with van der Waals surface area (Å²) >= 11 is 0. The van der Waals surface area contributed by atoms with Crippen molar-refractivity contribution in [2.45, 2.75) is 244 Å². The molecule has 0 heterocycles. The molecule has 0 radical (unpaired) electrons. The van der Waals surface area contributed by atoms with Crippen LogP contribution in [-0.4, -0.2) is 64.9 Å². The number of allylic oxidation sites excluding steroid dienone is 12. The second-order valence-corrected chi connectivity index (χ2v) is 19.5. The lowest BCUT2D eigenvalue weighted by molar-refractivity contribution is -0.147. The predicted octanol–water partition coefficient (Wildman–Crippen LogP) is 15.2. The van der Waals surface area contributed by atoms with Gasteiger partial charge in [0.1, 0.15) is 12.7 Å². The van der Waals surface area contributed by atoms with Crippen LogP contribution in [0.25, 0.3) is 0 Å². The van der Waals surface area contributed by atoms with Crippen molar-refractivity contribution in [2.24, 2.45) is 0 Å². The first-order chi connectivity index (χ1) is 33.1. The number of esters is 1. The average Bonchev–Trinajstić information content (AvgIpc) is 3.32. The number of aliphatic hydroxyl groups excluding tert-OH is 1. The smallest absolute Gasteiger partial charge is 0.472 e. The highest BCUT2D eigenvalue weighted by Crippen LogP contribution is 2.43. The number of aliphatic carboxylic acids is 1. The van der Waals surface area contributed by atoms with Gasteiger partial charge in [-0.05, 0) is 89.9 Å². The van der Waals surface area contributed by atoms with Gasteiger partial charge in [-0.2, -0.15) is 0 Å². The largest absolute Gasteiger partial charge is 0.480 e. The van der Waals surface area contributed by atoms with E-state index in [2.05, 4.69) is 92.1 Å². The molecular weight excluding hydrogens is 878 g/mol. The van der Waals surface area contributed by atoms with Crippen LogP contribution in [0.5, 0.6) is 0 Å². The van der Waals surface area contributed by atoms with Crippen LogP contribution in [0.15, 0.2) is 72.9 Å². The van der Waals surface area contributed by atoms with Gasteiger partial charge in [-0.1, -0.05) is 202 Å². The molecule has 0 aliphatic carbocycles. The summed E-state index contributed by atoms with van der Waals surface area (Å²) in [6.45, 7) is 2.55. The Balaban J connectivity index is 3.84. The van der Waals surface area contributed by atoms with Gasteiger partial charge < -0.3 is 25.2 Å². The third-order valence-corrected chi connectivity index (χ3v) is 12.4. The second-order valence-electron chi connectivity index (χ2n) is 18.1. The Morgan fingerprint density at radius 2 is 0.809 bits per heavy atom. The standard InChI is InChI=1S/C56H98NO10P/c1-3-5-7-9-11-13-15-17-19-21-23-25-26-28-30-32-34-36-38-40-42-44-46-48-55(60)65-49-52(58)50-66-68(63,64)67-51-53(56(61)62)57-54(59)47-45-43-41-39-37-35-33-31-29-27-24-22-20-18-16-14-12-10-8-6-4-2/h11-14,17-20,23,25,28,30,52-53,58H,3-10,15-16,21-22,24,26-27,29,31-51H2,1-2H3,(H,57,59)(H,61,62)(H,63,64)/b13-11-,14-12-,19-17-,20-18-,25-23-,30-28-. The summed E-state index contributed by atoms with van der Waals surface area (Å²) in [5.41, 5.74) is 0. The first-order valence-electron chi connectivity index (χ1n) is 27.0. The molecule has 4 N–H and O–H groups in total. The Morgan fingerprint density at radius 3 is 1.21 bits per heavy atom. The Bertz CT molecular complexity index is 1420. The first-order valence-corrected chi connectivity index (χ1v) is 28.5. The number of carbonyl (C=O) groups excluding carboxylic acids is 2. The number of phosphoric acid groups is 1. The highest BCUT2D eigenvalue weighted by Gasteiger charge is 2.28. The van der Waals surface area contributed by atoms with Crippen molar-refractivity contribution in [2.75, 3.05) is 19.8 Å². The van der Waals surface area contributed by atoms with Gasteiger partial charge in [0.25, 0.3) is 0 Å². The molecule has 392 valence electrons. The lowest BCUT2D eigenvalue weighted by Crippen LogP contribution is -2.43. The SMILES string of the molecule is CCCCC/C=C\C/C=C\C/C=C\C/C=C\CCCCCCCCCC(=O)OCC(O)COP(=O)(O)OCC(NC(=O)CCCCCCCCCCCCC/C=C\C/C=C\CCCCC)C(=O)O. The molecule has 11 nitrogen and oxygen atoms in total. The van der Waals surface area contributed by atoms with E-state index in [1.807, 2.05) is 0 Å². The summed E-state index contributed by atoms with van der Waals surface area (Å²) in [7, 11) is -4.77. The van der Waals surface area contributed by atoms with Gasteiger partial charge >= 0.3 is 19.8 Å². The molecule has 0 rings (SSSR count). The molecule has 0 aliphatic heterocycles. The van der Waals surface area contributed by atoms with E-state index >= 15 is 0 Å². The van der Waals surface area contributed by atoms with Crippen molar-refractivity contribution in [3.8, 4) is 0 Å². The van der Waals surface area contributed by atoms with Crippen LogP contribution in [0.3, 0.4) is 0 Å². The van der Waals surface area contributed by atoms with E-state index in [4.69, 9.17) is 13.8 Å². The second kappa shape index (κ2) is 50.3. The van der Waals surface area contributed by atoms with Crippen molar-refractivity contribution in [1.29, 1.82) is 0 Å². The molecule has 68 heavy (non-hydrogen) atoms. The van der Waals surface area contributed by atoms with Crippen LogP contribution in [0.2, 0.25) is 0 Å². The number of ether oxygens (including phenoxy) is 1. The number of carbonyl (C=O) groups is 3. The molecule has 0 fully saturated rings. The van der Waals surface area contributed by atoms with Gasteiger partial charge in [0, 0.05) is 12.8 Å². The number of carboxylic acid groups (broad SMARTS) is 1. The number of amides is 1. The summed E-state index contributed by atoms with van der Waals surface area (Å²) in [6.07, 6.45) is 62.0. The Morgan fingerprint density at radius 1 is 0.471 bits per heavy atom. The van der Waals surface area contributed by atoms with Crippen LogP contribution in [-0.2, 0) is 32.7 Å². The topological polar surface area (TPSA) is 169 Å². The maximum absolute atomic E-state index is 12.4. The maximum atomic E-state index is 12.4. The van der Waals surface area contributed by atoms with E-state index < -0.39 is 57.6 Å². The van der Waals surface area contributed by atoms with Crippen molar-refractivity contribution < 1.29 is 47.8 Å². The highest BCUT2D eigenvalue weighted by molar-refractivity contribution is 7.47. The lowest BCUT2D eigenvalue weighted by atomic mass is 10.0. The fourth-order valence-electron chi connectivity index (χ4n) is 7.27. The van der Waals surface area contributed by atoms with Crippen LogP contribution in [0.4, 0.5) is 0 Å². The monoisotopic (exact) mass is 976 g/mol. The van der Waals surface area contributed by atoms with Gasteiger partial charge in [0.2, 0.25) is 5.91 Å². The number of hydrogen-bond donors (Lipinski definition) is 4. The molecule has 0 aromatic carbocycles. The number of aliphatic hydroxyl groups is 1. The first kappa shape index (κ1) is 64.9. The summed E-state index contributed by atoms with van der Waals surface area (Å²) in [5, 5.41) is 22.0. The third kappa shape index (κ3) is 49.3. The maximum Gasteiger partial charge on any atom is 0.472 e. The normalized spacial score (nSPS) is 14.1. The Hall–Kier alpha value is -3.08. The molecule has 0 aromatic heterocycles. The van der Waals surface area contributed by atoms with E-state index in [0.29, 0.717) is 12.8 Å². The zero-order valence-corrected chi connectivity index (χ0v) is 43.8. The molecule has 3 unspecified atom stereocenters. The average molecular weight is 976 g/mol. The lowest BCUT2D eigenvalue weighted by Gasteiger charge is -2.18. The fraction of sp³-hybridized carbons (Fsp3) is 0.732. The molecule has 3 atom stereocenters. The molecule has 0 aromatic rings. The zero-order valence-electron chi connectivity index (χ0n) is 42.9. The number of phosphoric ester groups is 1. The van der Waals surface area contributed by atoms with Crippen LogP contribution < -0.4 is 5.32 Å². The van der Waals surface area contributed by atoms with Crippen molar-refractivity contribution in [3.63, 3.8) is 0 Å². The fourth-order valence-corrected chi connectivity index (χ4v) is 8.04. The molecule has 0 saturated carbocycles. The van der Waals surface area contributed by atoms with Gasteiger partial charge in [0.15, 0.2) is 6.04 Å². The minimum Gasteiger partial charge on any atom is -0.480 e. The van der Waals surface area contributed by atoms with Crippen LogP contribution >= 0.6 is 7.82 Å². The molecule has 0 spiro atoms. The number of hydrogen-bond acceptors (Lipinski definition) is 8. The molecule has 0 saturated heterocycles. The minimum atomic E-state index is -4.77. The minimum absolute atomic E-state index is 0.140. The summed E-state index contributed by atoms with van der Waals surface area (Å²) in [4.78, 5) is 46.2. The van der Waals surface area contributed by atoms with Crippen molar-refractivity contribution >= 4 is 25.7 Å². The van der Waals surface area contributed by atoms with E-state index in [-0.39, 0.29) is 12.8 Å². The van der Waals surface area contributed by atoms with E-state index in [0.717, 1.165) is 83.5 Å². The van der Waals surface area contributed by atoms with Crippen LogP contribution in [0, 0.1) is 0 Å². The number of carboxylic acids is 1. The number of unbranched alkanes of at least 4 members (excludes halogenated alkanes) is 24. The zero-order chi connectivity index (χ0) is 49.9. The molecule has 12 heteroatoms. The van der Waals surface area contributed by atoms with E-state index in [9.17, 15) is 34.1 Å². The molecular formula is C56H98NO10P. The number of nitrogens with one attached hydrogen (secondary N) is 1. The van der Waals surface area contributed by atoms with Gasteiger partial charge in [-0.3, -0.25) is 18.6 Å². The summed E-state index contributed by atoms with van der Waals surface area (Å²) in [5.74, 6) is -2.39. The van der Waals surface area contributed by atoms with Gasteiger partial charge in [-0.25, -0.2) is 9.36 Å². The molecule has 0 bridgehead atoms. The van der Waals surface area contributed by atoms with Crippen molar-refractivity contribution in [3.05, 3.63) is 72.9 Å². The highest BCUT2D eigenvalue weighted by atomic mass is 31.2. The van der Waals surface area contributed by atoms with Crippen molar-refractivity contribution in [1.82, 2.24) is 5.32 Å². The van der Waals surface area contributed by atoms with Gasteiger partial charge in [-0.15, -0.1) is 0 Å². The molecule has 1 amide bonds. The number of rotatable bonds is 50. The van der Waals surface area contributed by atoms with E-state index in [1.165, 1.54) is 109 Å². The Kier molecular flexibility index (Phi) is 48.0. The summed E-state index contributed by atoms with van der Waals surface area (Å²) in [6, 6.07) is -1.55.